The maximum Gasteiger partial charge on any atom is 0.256 e. The number of carbonyl (C=O) groups is 1. The van der Waals surface area contributed by atoms with E-state index in [-0.39, 0.29) is 11.7 Å². The summed E-state index contributed by atoms with van der Waals surface area (Å²) >= 11 is 0. The molecule has 0 aliphatic heterocycles. The van der Waals surface area contributed by atoms with Crippen molar-refractivity contribution in [2.45, 2.75) is 31.7 Å². The summed E-state index contributed by atoms with van der Waals surface area (Å²) in [5.74, 6) is 0.363. The van der Waals surface area contributed by atoms with Gasteiger partial charge in [0.05, 0.1) is 0 Å². The fraction of sp³-hybridized carbons (Fsp3) is 0.312. The van der Waals surface area contributed by atoms with Gasteiger partial charge in [-0.15, -0.1) is 10.2 Å². The Morgan fingerprint density at radius 1 is 1.00 bits per heavy atom. The van der Waals surface area contributed by atoms with E-state index < -0.39 is 0 Å². The van der Waals surface area contributed by atoms with Crippen molar-refractivity contribution in [1.29, 1.82) is 0 Å². The van der Waals surface area contributed by atoms with Crippen molar-refractivity contribution in [2.75, 3.05) is 10.6 Å². The predicted molar refractivity (Wildman–Crippen MR) is 82.3 cm³/mol. The summed E-state index contributed by atoms with van der Waals surface area (Å²) in [6, 6.07) is 9.30. The van der Waals surface area contributed by atoms with Crippen LogP contribution in [0.1, 0.15) is 36.0 Å². The van der Waals surface area contributed by atoms with Crippen LogP contribution in [0.4, 0.5) is 16.0 Å². The van der Waals surface area contributed by atoms with Crippen molar-refractivity contribution in [3.05, 3.63) is 47.8 Å². The molecule has 2 N–H and O–H groups in total. The van der Waals surface area contributed by atoms with Crippen LogP contribution in [0.5, 0.6) is 0 Å². The molecule has 0 unspecified atom stereocenters. The van der Waals surface area contributed by atoms with Crippen molar-refractivity contribution in [3.8, 4) is 0 Å². The highest BCUT2D eigenvalue weighted by Crippen LogP contribution is 2.21. The molecule has 22 heavy (non-hydrogen) atoms. The van der Waals surface area contributed by atoms with Gasteiger partial charge in [-0.05, 0) is 49.2 Å². The number of nitrogens with zero attached hydrogens (tertiary/aromatic N) is 2. The number of carbonyl (C=O) groups excluding carboxylic acids is 1. The molecular weight excluding hydrogens is 283 g/mol. The summed E-state index contributed by atoms with van der Waals surface area (Å²) in [5.41, 5.74) is 0.372. The lowest BCUT2D eigenvalue weighted by Gasteiger charge is -2.12. The predicted octanol–water partition coefficient (Wildman–Crippen LogP) is 3.22. The molecule has 6 heteroatoms. The Balaban J connectivity index is 1.60. The van der Waals surface area contributed by atoms with Crippen LogP contribution < -0.4 is 10.6 Å². The van der Waals surface area contributed by atoms with Crippen LogP contribution in [0.25, 0.3) is 0 Å². The van der Waals surface area contributed by atoms with Crippen LogP contribution in [0.2, 0.25) is 0 Å². The third kappa shape index (κ3) is 3.58. The molecule has 1 fully saturated rings. The van der Waals surface area contributed by atoms with Gasteiger partial charge >= 0.3 is 0 Å². The van der Waals surface area contributed by atoms with Crippen LogP contribution in [0.3, 0.4) is 0 Å². The van der Waals surface area contributed by atoms with E-state index in [1.807, 2.05) is 0 Å². The molecule has 0 spiro atoms. The Labute approximate surface area is 128 Å². The second kappa shape index (κ2) is 6.51. The summed E-state index contributed by atoms with van der Waals surface area (Å²) < 4.78 is 12.8. The highest BCUT2D eigenvalue weighted by Gasteiger charge is 2.15. The first kappa shape index (κ1) is 14.4. The standard InChI is InChI=1S/C16H17FN4O/c17-12-7-5-11(6-8-12)16(22)19-15-10-9-14(20-21-15)18-13-3-1-2-4-13/h5-10,13H,1-4H2,(H,18,20)(H,19,21,22). The number of hydrogen-bond acceptors (Lipinski definition) is 4. The SMILES string of the molecule is O=C(Nc1ccc(NC2CCCC2)nn1)c1ccc(F)cc1. The molecule has 114 valence electrons. The van der Waals surface area contributed by atoms with E-state index in [2.05, 4.69) is 20.8 Å². The number of amides is 1. The van der Waals surface area contributed by atoms with Crippen molar-refractivity contribution < 1.29 is 9.18 Å². The minimum atomic E-state index is -0.376. The van der Waals surface area contributed by atoms with Gasteiger partial charge in [0.2, 0.25) is 0 Å². The van der Waals surface area contributed by atoms with E-state index in [0.29, 0.717) is 23.2 Å². The normalized spacial score (nSPS) is 14.8. The van der Waals surface area contributed by atoms with Gasteiger partial charge in [0.1, 0.15) is 11.6 Å². The number of aromatic nitrogens is 2. The maximum absolute atomic E-state index is 12.8. The van der Waals surface area contributed by atoms with Gasteiger partial charge in [-0.25, -0.2) is 4.39 Å². The summed E-state index contributed by atoms with van der Waals surface area (Å²) in [7, 11) is 0. The van der Waals surface area contributed by atoms with Crippen molar-refractivity contribution in [3.63, 3.8) is 0 Å². The molecule has 1 aromatic heterocycles. The van der Waals surface area contributed by atoms with Crippen molar-refractivity contribution >= 4 is 17.5 Å². The van der Waals surface area contributed by atoms with Crippen LogP contribution >= 0.6 is 0 Å². The first-order valence-corrected chi connectivity index (χ1v) is 7.38. The van der Waals surface area contributed by atoms with Gasteiger partial charge in [0.15, 0.2) is 5.82 Å². The number of rotatable bonds is 4. The summed E-state index contributed by atoms with van der Waals surface area (Å²) in [6.45, 7) is 0. The van der Waals surface area contributed by atoms with Crippen molar-refractivity contribution in [1.82, 2.24) is 10.2 Å². The second-order valence-electron chi connectivity index (χ2n) is 5.39. The fourth-order valence-corrected chi connectivity index (χ4v) is 2.54. The van der Waals surface area contributed by atoms with E-state index in [1.54, 1.807) is 12.1 Å². The first-order valence-electron chi connectivity index (χ1n) is 7.38. The molecule has 0 saturated heterocycles. The maximum atomic E-state index is 12.8. The van der Waals surface area contributed by atoms with Gasteiger partial charge in [0.25, 0.3) is 5.91 Å². The fourth-order valence-electron chi connectivity index (χ4n) is 2.54. The molecule has 0 atom stereocenters. The van der Waals surface area contributed by atoms with E-state index in [9.17, 15) is 9.18 Å². The van der Waals surface area contributed by atoms with Crippen LogP contribution in [0, 0.1) is 5.82 Å². The number of hydrogen-bond donors (Lipinski definition) is 2. The minimum Gasteiger partial charge on any atom is -0.366 e. The van der Waals surface area contributed by atoms with Gasteiger partial charge in [-0.1, -0.05) is 12.8 Å². The highest BCUT2D eigenvalue weighted by molar-refractivity contribution is 6.03. The summed E-state index contributed by atoms with van der Waals surface area (Å²) in [6.07, 6.45) is 4.81. The molecule has 0 radical (unpaired) electrons. The molecular formula is C16H17FN4O. The zero-order valence-electron chi connectivity index (χ0n) is 12.1. The molecule has 5 nitrogen and oxygen atoms in total. The third-order valence-electron chi connectivity index (χ3n) is 3.72. The van der Waals surface area contributed by atoms with E-state index in [1.165, 1.54) is 37.1 Å². The minimum absolute atomic E-state index is 0.342. The number of benzene rings is 1. The molecule has 1 aliphatic carbocycles. The molecule has 1 saturated carbocycles. The molecule has 2 aromatic rings. The monoisotopic (exact) mass is 300 g/mol. The molecule has 1 amide bonds. The van der Waals surface area contributed by atoms with Gasteiger partial charge in [-0.3, -0.25) is 4.79 Å². The lowest BCUT2D eigenvalue weighted by molar-refractivity contribution is 0.102. The highest BCUT2D eigenvalue weighted by atomic mass is 19.1. The lowest BCUT2D eigenvalue weighted by atomic mass is 10.2. The average molecular weight is 300 g/mol. The largest absolute Gasteiger partial charge is 0.366 e. The Hall–Kier alpha value is -2.50. The molecule has 1 heterocycles. The van der Waals surface area contributed by atoms with Gasteiger partial charge in [-0.2, -0.15) is 0 Å². The zero-order valence-corrected chi connectivity index (χ0v) is 12.1. The lowest BCUT2D eigenvalue weighted by Crippen LogP contribution is -2.17. The first-order chi connectivity index (χ1) is 10.7. The number of halogens is 1. The summed E-state index contributed by atoms with van der Waals surface area (Å²) in [4.78, 5) is 12.0. The Kier molecular flexibility index (Phi) is 4.27. The number of anilines is 2. The quantitative estimate of drug-likeness (QED) is 0.909. The average Bonchev–Trinajstić information content (AvgIpc) is 3.03. The third-order valence-corrected chi connectivity index (χ3v) is 3.72. The van der Waals surface area contributed by atoms with Crippen LogP contribution in [-0.4, -0.2) is 22.1 Å². The van der Waals surface area contributed by atoms with Crippen LogP contribution in [0.15, 0.2) is 36.4 Å². The number of nitrogens with one attached hydrogen (secondary N) is 2. The smallest absolute Gasteiger partial charge is 0.256 e. The van der Waals surface area contributed by atoms with E-state index >= 15 is 0 Å². The molecule has 1 aliphatic rings. The Morgan fingerprint density at radius 2 is 1.64 bits per heavy atom. The van der Waals surface area contributed by atoms with Crippen LogP contribution in [-0.2, 0) is 0 Å². The van der Waals surface area contributed by atoms with E-state index in [0.717, 1.165) is 12.8 Å². The van der Waals surface area contributed by atoms with Gasteiger partial charge in [0, 0.05) is 11.6 Å². The Bertz CT molecular complexity index is 636. The topological polar surface area (TPSA) is 66.9 Å². The zero-order chi connectivity index (χ0) is 15.4. The summed E-state index contributed by atoms with van der Waals surface area (Å²) in [5, 5.41) is 14.0. The molecule has 1 aromatic carbocycles. The molecule has 0 bridgehead atoms. The second-order valence-corrected chi connectivity index (χ2v) is 5.39. The Morgan fingerprint density at radius 3 is 2.27 bits per heavy atom. The van der Waals surface area contributed by atoms with E-state index in [4.69, 9.17) is 0 Å². The van der Waals surface area contributed by atoms with Gasteiger partial charge < -0.3 is 10.6 Å². The molecule has 3 rings (SSSR count). The van der Waals surface area contributed by atoms with Crippen molar-refractivity contribution in [2.24, 2.45) is 0 Å².